The van der Waals surface area contributed by atoms with Crippen LogP contribution >= 0.6 is 16.3 Å². The standard InChI is InChI=1S/C49H98N2O17P2/c1-6-8-10-12-14-16-18-20-22-24-26-28-30-32-44(52)61-38-42(67-45(53)33-31-29-27-25-23-21-19-17-15-13-11-9-7-2)39-62-49-48(56)47(55)46(54)43(68-49)40-66-70(59,60)65-37-41(50)36-64-69(57,58)63-35-34-51(3,4)5/h41-43,46-49,54-56H,6-40,50H2,1-5H3,(H-,57,58,59,60)/p+1/t41?,42?,43-,46-,47+,48-,49-/m1/s1. The molecule has 0 amide bonds. The summed E-state index contributed by atoms with van der Waals surface area (Å²) in [5.41, 5.74) is 5.83. The van der Waals surface area contributed by atoms with Gasteiger partial charge in [0.25, 0.3) is 0 Å². The Morgan fingerprint density at radius 3 is 1.43 bits per heavy atom. The lowest BCUT2D eigenvalue weighted by Crippen LogP contribution is -2.59. The molecule has 21 heteroatoms. The third-order valence-electron chi connectivity index (χ3n) is 12.1. The van der Waals surface area contributed by atoms with Crippen LogP contribution in [0.1, 0.15) is 194 Å². The number of ether oxygens (including phenoxy) is 4. The van der Waals surface area contributed by atoms with Crippen LogP contribution < -0.4 is 15.5 Å². The molecular formula is C49H99N2O17P2+. The molecule has 9 atom stereocenters. The molecule has 1 aliphatic rings. The number of rotatable bonds is 47. The van der Waals surface area contributed by atoms with Crippen molar-refractivity contribution in [3.8, 4) is 0 Å². The summed E-state index contributed by atoms with van der Waals surface area (Å²) in [6, 6.07) is -1.16. The number of hydrogen-bond donors (Lipinski definition) is 6. The van der Waals surface area contributed by atoms with Gasteiger partial charge in [0.2, 0.25) is 0 Å². The van der Waals surface area contributed by atoms with Crippen LogP contribution in [0, 0.1) is 0 Å². The number of aliphatic hydroxyl groups is 3. The van der Waals surface area contributed by atoms with Crippen molar-refractivity contribution in [2.75, 3.05) is 67.3 Å². The average Bonchev–Trinajstić information content (AvgIpc) is 3.30. The minimum absolute atomic E-state index is 0.0714. The van der Waals surface area contributed by atoms with Gasteiger partial charge in [-0.3, -0.25) is 9.59 Å². The van der Waals surface area contributed by atoms with E-state index in [1.54, 1.807) is 0 Å². The van der Waals surface area contributed by atoms with Gasteiger partial charge in [0.15, 0.2) is 12.4 Å². The normalized spacial score (nSPS) is 21.2. The monoisotopic (exact) mass is 1050 g/mol. The second-order valence-electron chi connectivity index (χ2n) is 20.1. The van der Waals surface area contributed by atoms with Gasteiger partial charge in [-0.2, -0.15) is 27.9 Å². The lowest BCUT2D eigenvalue weighted by Gasteiger charge is -2.40. The van der Waals surface area contributed by atoms with E-state index in [0.717, 1.165) is 38.5 Å². The molecule has 0 aromatic rings. The Kier molecular flexibility index (Phi) is 38.9. The van der Waals surface area contributed by atoms with Crippen molar-refractivity contribution in [3.05, 3.63) is 0 Å². The zero-order valence-electron chi connectivity index (χ0n) is 43.8. The quantitative estimate of drug-likeness (QED) is 0.0167. The molecule has 0 spiro atoms. The first-order valence-corrected chi connectivity index (χ1v) is 29.7. The van der Waals surface area contributed by atoms with Crippen LogP contribution in [0.5, 0.6) is 0 Å². The molecule has 0 saturated carbocycles. The molecule has 1 saturated heterocycles. The number of nitrogens with zero attached hydrogens (tertiary/aromatic N) is 1. The Morgan fingerprint density at radius 2 is 0.986 bits per heavy atom. The van der Waals surface area contributed by atoms with Crippen LogP contribution in [-0.2, 0) is 46.6 Å². The fourth-order valence-electron chi connectivity index (χ4n) is 7.69. The first-order valence-electron chi connectivity index (χ1n) is 26.7. The summed E-state index contributed by atoms with van der Waals surface area (Å²) in [5.74, 6) is -0.974. The number of quaternary nitrogens is 1. The van der Waals surface area contributed by atoms with Gasteiger partial charge in [-0.25, -0.2) is 0 Å². The van der Waals surface area contributed by atoms with Gasteiger partial charge < -0.3 is 54.3 Å². The molecule has 416 valence electrons. The van der Waals surface area contributed by atoms with E-state index in [2.05, 4.69) is 13.8 Å². The van der Waals surface area contributed by atoms with Crippen molar-refractivity contribution in [2.45, 2.75) is 236 Å². The molecule has 0 bridgehead atoms. The Bertz CT molecular complexity index is 1290. The fraction of sp³-hybridized carbons (Fsp3) is 0.959. The van der Waals surface area contributed by atoms with Crippen LogP contribution in [0.4, 0.5) is 0 Å². The third-order valence-corrected chi connectivity index (χ3v) is 14.1. The number of carbonyl (C=O) groups excluding carboxylic acids is 2. The lowest BCUT2D eigenvalue weighted by molar-refractivity contribution is -0.870. The van der Waals surface area contributed by atoms with E-state index >= 15 is 0 Å². The lowest BCUT2D eigenvalue weighted by atomic mass is 9.99. The van der Waals surface area contributed by atoms with Crippen molar-refractivity contribution in [1.82, 2.24) is 0 Å². The van der Waals surface area contributed by atoms with E-state index < -0.39 is 97.6 Å². The SMILES string of the molecule is CCCCCCCCCCCCCCCC(=O)OCC(CO[C@@H]1O[C@H](CO[P+]([O-])(O)OCC(N)CO[P+]([O-])(O)OCC[N+](C)(C)C)[C@@H](O)[C@H](O)[C@H]1O)OC(=O)CCCCCCCCCCCCCCC. The summed E-state index contributed by atoms with van der Waals surface area (Å²) in [7, 11) is -3.75. The molecule has 0 aromatic heterocycles. The number of nitrogens with two attached hydrogens (primary N) is 1. The van der Waals surface area contributed by atoms with E-state index in [4.69, 9.17) is 42.8 Å². The van der Waals surface area contributed by atoms with E-state index in [1.807, 2.05) is 21.1 Å². The maximum atomic E-state index is 13.0. The van der Waals surface area contributed by atoms with Crippen molar-refractivity contribution in [2.24, 2.45) is 5.73 Å². The molecule has 0 aliphatic carbocycles. The highest BCUT2D eigenvalue weighted by Gasteiger charge is 2.46. The summed E-state index contributed by atoms with van der Waals surface area (Å²) in [4.78, 5) is 70.8. The minimum Gasteiger partial charge on any atom is -0.606 e. The van der Waals surface area contributed by atoms with Crippen LogP contribution in [0.3, 0.4) is 0 Å². The van der Waals surface area contributed by atoms with E-state index in [1.165, 1.54) is 116 Å². The minimum atomic E-state index is -4.89. The van der Waals surface area contributed by atoms with Gasteiger partial charge in [0.05, 0.1) is 33.8 Å². The summed E-state index contributed by atoms with van der Waals surface area (Å²) in [5, 5.41) is 32.0. The number of aliphatic hydroxyl groups excluding tert-OH is 3. The second-order valence-corrected chi connectivity index (χ2v) is 23.0. The fourth-order valence-corrected chi connectivity index (χ4v) is 9.24. The number of likely N-dealkylation sites (N-methyl/N-ethyl adjacent to an activating group) is 1. The van der Waals surface area contributed by atoms with E-state index in [-0.39, 0.29) is 26.1 Å². The van der Waals surface area contributed by atoms with Crippen molar-refractivity contribution < 1.29 is 86.0 Å². The number of unbranched alkanes of at least 4 members (excludes halogenated alkanes) is 24. The molecule has 19 nitrogen and oxygen atoms in total. The molecule has 0 radical (unpaired) electrons. The molecule has 1 rings (SSSR count). The summed E-state index contributed by atoms with van der Waals surface area (Å²) < 4.78 is 42.7. The number of phosphoric acid groups is 2. The van der Waals surface area contributed by atoms with Crippen molar-refractivity contribution >= 4 is 28.3 Å². The highest BCUT2D eigenvalue weighted by Crippen LogP contribution is 2.49. The van der Waals surface area contributed by atoms with Gasteiger partial charge >= 0.3 is 28.3 Å². The van der Waals surface area contributed by atoms with E-state index in [0.29, 0.717) is 23.9 Å². The van der Waals surface area contributed by atoms with Crippen LogP contribution in [0.15, 0.2) is 0 Å². The first-order chi connectivity index (χ1) is 33.3. The molecule has 0 aromatic carbocycles. The van der Waals surface area contributed by atoms with E-state index in [9.17, 15) is 44.5 Å². The zero-order chi connectivity index (χ0) is 52.1. The van der Waals surface area contributed by atoms with Gasteiger partial charge in [0, 0.05) is 12.8 Å². The van der Waals surface area contributed by atoms with Crippen LogP contribution in [0.25, 0.3) is 0 Å². The number of carbonyl (C=O) groups is 2. The molecule has 1 fully saturated rings. The van der Waals surface area contributed by atoms with Gasteiger partial charge in [-0.1, -0.05) is 168 Å². The Balaban J connectivity index is 2.67. The maximum absolute atomic E-state index is 13.0. The topological polar surface area (TPSA) is 281 Å². The maximum Gasteiger partial charge on any atom is 0.377 e. The largest absolute Gasteiger partial charge is 0.606 e. The Morgan fingerprint density at radius 1 is 0.571 bits per heavy atom. The second kappa shape index (κ2) is 40.5. The predicted octanol–water partition coefficient (Wildman–Crippen LogP) is 6.39. The van der Waals surface area contributed by atoms with Gasteiger partial charge in [-0.15, -0.1) is 0 Å². The molecule has 70 heavy (non-hydrogen) atoms. The number of esters is 2. The highest BCUT2D eigenvalue weighted by atomic mass is 31.2. The van der Waals surface area contributed by atoms with Crippen LogP contribution in [0.2, 0.25) is 0 Å². The highest BCUT2D eigenvalue weighted by molar-refractivity contribution is 7.53. The molecule has 7 N–H and O–H groups in total. The molecular weight excluding hydrogens is 950 g/mol. The Hall–Kier alpha value is -0.800. The van der Waals surface area contributed by atoms with Gasteiger partial charge in [-0.05, 0) is 12.8 Å². The van der Waals surface area contributed by atoms with Crippen LogP contribution in [-0.4, -0.2) is 152 Å². The van der Waals surface area contributed by atoms with Gasteiger partial charge in [0.1, 0.15) is 64.0 Å². The molecule has 4 unspecified atom stereocenters. The average molecular weight is 1050 g/mol. The summed E-state index contributed by atoms with van der Waals surface area (Å²) in [6.07, 6.45) is 20.9. The predicted molar refractivity (Wildman–Crippen MR) is 267 cm³/mol. The summed E-state index contributed by atoms with van der Waals surface area (Å²) in [6.45, 7) is 1.98. The smallest absolute Gasteiger partial charge is 0.377 e. The number of hydrogen-bond acceptors (Lipinski definition) is 18. The van der Waals surface area contributed by atoms with Crippen molar-refractivity contribution in [3.63, 3.8) is 0 Å². The third kappa shape index (κ3) is 37.0. The molecule has 1 aliphatic heterocycles. The van der Waals surface area contributed by atoms with Crippen molar-refractivity contribution in [1.29, 1.82) is 0 Å². The Labute approximate surface area is 422 Å². The number of phosphoric ester groups is 2. The summed E-state index contributed by atoms with van der Waals surface area (Å²) >= 11 is 0. The zero-order valence-corrected chi connectivity index (χ0v) is 45.6. The first kappa shape index (κ1) is 67.2. The molecule has 1 heterocycles.